The van der Waals surface area contributed by atoms with Crippen molar-refractivity contribution in [3.05, 3.63) is 25.3 Å². The zero-order valence-corrected chi connectivity index (χ0v) is 12.5. The first-order valence-electron chi connectivity index (χ1n) is 7.98. The molecule has 1 saturated carbocycles. The highest BCUT2D eigenvalue weighted by molar-refractivity contribution is 5.79. The Labute approximate surface area is 123 Å². The number of nitrogens with one attached hydrogen (secondary N) is 1. The van der Waals surface area contributed by atoms with Gasteiger partial charge in [0, 0.05) is 25.0 Å². The summed E-state index contributed by atoms with van der Waals surface area (Å²) in [7, 11) is 0. The van der Waals surface area contributed by atoms with Crippen molar-refractivity contribution in [2.24, 2.45) is 11.8 Å². The van der Waals surface area contributed by atoms with Crippen molar-refractivity contribution in [3.8, 4) is 0 Å². The molecule has 0 radical (unpaired) electrons. The molecule has 0 aromatic heterocycles. The number of rotatable bonds is 8. The van der Waals surface area contributed by atoms with E-state index in [1.807, 2.05) is 17.1 Å². The molecule has 0 aromatic rings. The van der Waals surface area contributed by atoms with Gasteiger partial charge in [0.05, 0.1) is 0 Å². The summed E-state index contributed by atoms with van der Waals surface area (Å²) in [6, 6.07) is 0.608. The predicted octanol–water partition coefficient (Wildman–Crippen LogP) is 2.75. The Bertz CT molecular complexity index is 331. The summed E-state index contributed by atoms with van der Waals surface area (Å²) < 4.78 is 0. The molecule has 1 N–H and O–H groups in total. The van der Waals surface area contributed by atoms with Gasteiger partial charge in [-0.15, -0.1) is 13.2 Å². The molecule has 112 valence electrons. The van der Waals surface area contributed by atoms with E-state index in [4.69, 9.17) is 0 Å². The molecule has 20 heavy (non-hydrogen) atoms. The van der Waals surface area contributed by atoms with E-state index in [1.165, 1.54) is 19.4 Å². The normalized spacial score (nSPS) is 20.1. The van der Waals surface area contributed by atoms with Gasteiger partial charge in [0.25, 0.3) is 0 Å². The maximum Gasteiger partial charge on any atom is 0.226 e. The van der Waals surface area contributed by atoms with Gasteiger partial charge >= 0.3 is 0 Å². The molecule has 0 aromatic carbocycles. The van der Waals surface area contributed by atoms with E-state index in [0.717, 1.165) is 44.7 Å². The lowest BCUT2D eigenvalue weighted by Crippen LogP contribution is -2.47. The SMILES string of the molecule is C=CCC(CC=C)C(=O)N1CCC(NCC2CC2)CC1. The van der Waals surface area contributed by atoms with Crippen LogP contribution in [0.25, 0.3) is 0 Å². The predicted molar refractivity (Wildman–Crippen MR) is 83.4 cm³/mol. The fourth-order valence-electron chi connectivity index (χ4n) is 2.92. The van der Waals surface area contributed by atoms with Gasteiger partial charge in [-0.2, -0.15) is 0 Å². The van der Waals surface area contributed by atoms with E-state index in [0.29, 0.717) is 6.04 Å². The van der Waals surface area contributed by atoms with Crippen LogP contribution in [-0.4, -0.2) is 36.5 Å². The van der Waals surface area contributed by atoms with Gasteiger partial charge < -0.3 is 10.2 Å². The number of carbonyl (C=O) groups excluding carboxylic acids is 1. The van der Waals surface area contributed by atoms with Crippen LogP contribution >= 0.6 is 0 Å². The highest BCUT2D eigenvalue weighted by Crippen LogP contribution is 2.28. The molecule has 3 nitrogen and oxygen atoms in total. The van der Waals surface area contributed by atoms with Crippen molar-refractivity contribution in [1.82, 2.24) is 10.2 Å². The van der Waals surface area contributed by atoms with Crippen molar-refractivity contribution in [2.45, 2.75) is 44.6 Å². The Morgan fingerprint density at radius 1 is 1.15 bits per heavy atom. The average Bonchev–Trinajstić information content (AvgIpc) is 3.29. The zero-order chi connectivity index (χ0) is 14.4. The van der Waals surface area contributed by atoms with Gasteiger partial charge in [-0.05, 0) is 51.0 Å². The number of amides is 1. The quantitative estimate of drug-likeness (QED) is 0.691. The number of hydrogen-bond acceptors (Lipinski definition) is 2. The summed E-state index contributed by atoms with van der Waals surface area (Å²) in [5.74, 6) is 1.26. The van der Waals surface area contributed by atoms with Crippen molar-refractivity contribution < 1.29 is 4.79 Å². The van der Waals surface area contributed by atoms with Gasteiger partial charge in [0.2, 0.25) is 5.91 Å². The smallest absolute Gasteiger partial charge is 0.226 e. The van der Waals surface area contributed by atoms with Crippen LogP contribution in [-0.2, 0) is 4.79 Å². The molecule has 0 bridgehead atoms. The minimum atomic E-state index is 0.0426. The van der Waals surface area contributed by atoms with E-state index in [2.05, 4.69) is 18.5 Å². The van der Waals surface area contributed by atoms with Crippen LogP contribution in [0.1, 0.15) is 38.5 Å². The van der Waals surface area contributed by atoms with Gasteiger partial charge in [0.15, 0.2) is 0 Å². The van der Waals surface area contributed by atoms with Crippen molar-refractivity contribution in [1.29, 1.82) is 0 Å². The number of hydrogen-bond donors (Lipinski definition) is 1. The summed E-state index contributed by atoms with van der Waals surface area (Å²) in [4.78, 5) is 14.5. The van der Waals surface area contributed by atoms with Crippen molar-refractivity contribution >= 4 is 5.91 Å². The lowest BCUT2D eigenvalue weighted by molar-refractivity contribution is -0.136. The highest BCUT2D eigenvalue weighted by atomic mass is 16.2. The summed E-state index contributed by atoms with van der Waals surface area (Å²) in [5.41, 5.74) is 0. The van der Waals surface area contributed by atoms with Crippen LogP contribution < -0.4 is 5.32 Å². The summed E-state index contributed by atoms with van der Waals surface area (Å²) in [6.45, 7) is 10.5. The Morgan fingerprint density at radius 3 is 2.25 bits per heavy atom. The molecule has 1 saturated heterocycles. The number of carbonyl (C=O) groups is 1. The fourth-order valence-corrected chi connectivity index (χ4v) is 2.92. The molecular weight excluding hydrogens is 248 g/mol. The molecule has 1 aliphatic carbocycles. The Kier molecular flexibility index (Phi) is 5.84. The van der Waals surface area contributed by atoms with Gasteiger partial charge in [-0.1, -0.05) is 12.2 Å². The maximum atomic E-state index is 12.5. The summed E-state index contributed by atoms with van der Waals surface area (Å²) in [5, 5.41) is 3.65. The first-order valence-corrected chi connectivity index (χ1v) is 7.98. The lowest BCUT2D eigenvalue weighted by Gasteiger charge is -2.34. The third kappa shape index (κ3) is 4.48. The van der Waals surface area contributed by atoms with Gasteiger partial charge in [-0.3, -0.25) is 4.79 Å². The van der Waals surface area contributed by atoms with Crippen LogP contribution in [0.3, 0.4) is 0 Å². The number of nitrogens with zero attached hydrogens (tertiary/aromatic N) is 1. The molecule has 1 amide bonds. The molecule has 0 atom stereocenters. The highest BCUT2D eigenvalue weighted by Gasteiger charge is 2.28. The Balaban J connectivity index is 1.74. The second kappa shape index (κ2) is 7.63. The Morgan fingerprint density at radius 2 is 1.75 bits per heavy atom. The molecule has 2 aliphatic rings. The second-order valence-corrected chi connectivity index (χ2v) is 6.20. The lowest BCUT2D eigenvalue weighted by atomic mass is 9.97. The van der Waals surface area contributed by atoms with Gasteiger partial charge in [-0.25, -0.2) is 0 Å². The molecule has 2 rings (SSSR count). The molecule has 0 spiro atoms. The molecule has 0 unspecified atom stereocenters. The monoisotopic (exact) mass is 276 g/mol. The van der Waals surface area contributed by atoms with Crippen LogP contribution in [0, 0.1) is 11.8 Å². The third-order valence-corrected chi connectivity index (χ3v) is 4.45. The first kappa shape index (κ1) is 15.3. The zero-order valence-electron chi connectivity index (χ0n) is 12.5. The fraction of sp³-hybridized carbons (Fsp3) is 0.706. The molecule has 1 aliphatic heterocycles. The van der Waals surface area contributed by atoms with Crippen molar-refractivity contribution in [2.75, 3.05) is 19.6 Å². The van der Waals surface area contributed by atoms with Crippen molar-refractivity contribution in [3.63, 3.8) is 0 Å². The third-order valence-electron chi connectivity index (χ3n) is 4.45. The number of allylic oxidation sites excluding steroid dienone is 2. The minimum Gasteiger partial charge on any atom is -0.342 e. The Hall–Kier alpha value is -1.09. The van der Waals surface area contributed by atoms with E-state index < -0.39 is 0 Å². The van der Waals surface area contributed by atoms with E-state index in [9.17, 15) is 4.79 Å². The van der Waals surface area contributed by atoms with Crippen LogP contribution in [0.2, 0.25) is 0 Å². The summed E-state index contributed by atoms with van der Waals surface area (Å²) >= 11 is 0. The summed E-state index contributed by atoms with van der Waals surface area (Å²) in [6.07, 6.45) is 10.2. The first-order chi connectivity index (χ1) is 9.74. The van der Waals surface area contributed by atoms with Gasteiger partial charge in [0.1, 0.15) is 0 Å². The average molecular weight is 276 g/mol. The van der Waals surface area contributed by atoms with E-state index in [-0.39, 0.29) is 11.8 Å². The van der Waals surface area contributed by atoms with Crippen LogP contribution in [0.4, 0.5) is 0 Å². The molecular formula is C17H28N2O. The van der Waals surface area contributed by atoms with Crippen LogP contribution in [0.5, 0.6) is 0 Å². The maximum absolute atomic E-state index is 12.5. The van der Waals surface area contributed by atoms with E-state index in [1.54, 1.807) is 0 Å². The number of piperidine rings is 1. The second-order valence-electron chi connectivity index (χ2n) is 6.20. The molecule has 3 heteroatoms. The number of likely N-dealkylation sites (tertiary alicyclic amines) is 1. The minimum absolute atomic E-state index is 0.0426. The van der Waals surface area contributed by atoms with E-state index >= 15 is 0 Å². The molecule has 1 heterocycles. The largest absolute Gasteiger partial charge is 0.342 e. The topological polar surface area (TPSA) is 32.3 Å². The standard InChI is InChI=1S/C17H28N2O/c1-3-5-15(6-4-2)17(20)19-11-9-16(10-12-19)18-13-14-7-8-14/h3-4,14-16,18H,1-2,5-13H2. The molecule has 2 fully saturated rings. The van der Waals surface area contributed by atoms with Crippen LogP contribution in [0.15, 0.2) is 25.3 Å².